The predicted molar refractivity (Wildman–Crippen MR) is 23.0 cm³/mol. The van der Waals surface area contributed by atoms with E-state index < -0.39 is 0 Å². The van der Waals surface area contributed by atoms with Crippen molar-refractivity contribution in [1.82, 2.24) is 0 Å². The van der Waals surface area contributed by atoms with E-state index >= 15 is 0 Å². The van der Waals surface area contributed by atoms with Crippen molar-refractivity contribution in [3.63, 3.8) is 0 Å². The molecule has 0 unspecified atom stereocenters. The maximum atomic E-state index is 0. The third-order valence-electron chi connectivity index (χ3n) is 0. The van der Waals surface area contributed by atoms with E-state index in [0.29, 0.717) is 0 Å². The molecule has 0 bridgehead atoms. The minimum Gasteiger partial charge on any atom is 0 e. The van der Waals surface area contributed by atoms with Gasteiger partial charge in [0, 0.05) is 87.1 Å². The van der Waals surface area contributed by atoms with E-state index in [1.54, 1.807) is 0 Å². The second-order valence-electron chi connectivity index (χ2n) is 0. The van der Waals surface area contributed by atoms with Crippen molar-refractivity contribution < 1.29 is 0 Å². The SMILES string of the molecule is [B].[Ba].[Li].[Si]. The van der Waals surface area contributed by atoms with Crippen molar-refractivity contribution >= 4 is 87.1 Å². The predicted octanol–water partition coefficient (Wildman–Crippen LogP) is -1.52. The average Bonchev–Trinajstić information content (AvgIpc) is 0. The fourth-order valence-electron chi connectivity index (χ4n) is 0. The number of hydrogen-bond acceptors (Lipinski definition) is 0. The molecule has 0 saturated heterocycles. The topological polar surface area (TPSA) is 0 Å². The molecule has 0 aliphatic carbocycles. The van der Waals surface area contributed by atoms with Gasteiger partial charge in [0.15, 0.2) is 0 Å². The summed E-state index contributed by atoms with van der Waals surface area (Å²) < 4.78 is 0. The summed E-state index contributed by atoms with van der Waals surface area (Å²) in [6.07, 6.45) is 0. The maximum Gasteiger partial charge on any atom is 0 e. The molecule has 0 amide bonds. The van der Waals surface area contributed by atoms with E-state index in [0.717, 1.165) is 0 Å². The molecule has 0 aliphatic heterocycles. The maximum absolute atomic E-state index is 0. The Hall–Kier alpha value is 2.45. The Morgan fingerprint density at radius 1 is 1.00 bits per heavy atom. The van der Waals surface area contributed by atoms with E-state index in [4.69, 9.17) is 0 Å². The summed E-state index contributed by atoms with van der Waals surface area (Å²) in [7, 11) is 0. The van der Waals surface area contributed by atoms with Gasteiger partial charge in [-0.15, -0.1) is 0 Å². The molecule has 4 heteroatoms. The third kappa shape index (κ3) is 8.82. The van der Waals surface area contributed by atoms with Crippen LogP contribution in [0.5, 0.6) is 0 Å². The molecule has 4 heavy (non-hydrogen) atoms. The fourth-order valence-corrected chi connectivity index (χ4v) is 0. The van der Waals surface area contributed by atoms with E-state index in [1.165, 1.54) is 0 Å². The van der Waals surface area contributed by atoms with Crippen molar-refractivity contribution in [1.29, 1.82) is 0 Å². The zero-order chi connectivity index (χ0) is 0. The van der Waals surface area contributed by atoms with Gasteiger partial charge in [-0.1, -0.05) is 0 Å². The summed E-state index contributed by atoms with van der Waals surface area (Å²) in [5, 5.41) is 0. The Labute approximate surface area is 85.3 Å². The summed E-state index contributed by atoms with van der Waals surface area (Å²) in [6, 6.07) is 0. The Balaban J connectivity index is 0. The summed E-state index contributed by atoms with van der Waals surface area (Å²) in [5.74, 6) is 0. The molecule has 10 valence electrons. The molecule has 0 nitrogen and oxygen atoms in total. The summed E-state index contributed by atoms with van der Waals surface area (Å²) in [5.41, 5.74) is 0. The van der Waals surface area contributed by atoms with Crippen LogP contribution >= 0.6 is 0 Å². The fraction of sp³-hybridized carbons (Fsp3) is 0. The second-order valence-corrected chi connectivity index (χ2v) is 0. The van der Waals surface area contributed by atoms with Crippen LogP contribution in [0.15, 0.2) is 0 Å². The largest absolute Gasteiger partial charge is 0 e. The number of rotatable bonds is 0. The number of hydrogen-bond donors (Lipinski definition) is 0. The van der Waals surface area contributed by atoms with Crippen LogP contribution in [0.4, 0.5) is 0 Å². The van der Waals surface area contributed by atoms with Crippen molar-refractivity contribution in [3.05, 3.63) is 0 Å². The molecule has 0 rings (SSSR count). The van der Waals surface area contributed by atoms with Gasteiger partial charge in [0.2, 0.25) is 0 Å². The smallest absolute Gasteiger partial charge is 0 e. The van der Waals surface area contributed by atoms with Gasteiger partial charge in [0.25, 0.3) is 0 Å². The van der Waals surface area contributed by atoms with Gasteiger partial charge in [-0.3, -0.25) is 0 Å². The van der Waals surface area contributed by atoms with Gasteiger partial charge in [0.1, 0.15) is 0 Å². The van der Waals surface area contributed by atoms with Crippen molar-refractivity contribution in [2.45, 2.75) is 0 Å². The Morgan fingerprint density at radius 2 is 1.00 bits per heavy atom. The zero-order valence-electron chi connectivity index (χ0n) is 2.78. The normalized spacial score (nSPS) is 0. The Kier molecular flexibility index (Phi) is 143. The molecule has 0 N–H and O–H groups in total. The standard InChI is InChI=1S/B.Ba.Li.Si. The third-order valence-corrected chi connectivity index (χ3v) is 0. The second kappa shape index (κ2) is 18.0. The molecule has 0 aliphatic rings. The van der Waals surface area contributed by atoms with Gasteiger partial charge in [-0.2, -0.15) is 0 Å². The first kappa shape index (κ1) is 31.9. The molecule has 0 fully saturated rings. The zero-order valence-corrected chi connectivity index (χ0v) is 8.23. The van der Waals surface area contributed by atoms with E-state index in [-0.39, 0.29) is 87.1 Å². The minimum absolute atomic E-state index is 0. The Bertz CT molecular complexity index is 8.00. The van der Waals surface area contributed by atoms with Crippen LogP contribution in [0.2, 0.25) is 0 Å². The van der Waals surface area contributed by atoms with E-state index in [9.17, 15) is 0 Å². The molecule has 0 aromatic rings. The van der Waals surface area contributed by atoms with Crippen LogP contribution in [0.25, 0.3) is 0 Å². The van der Waals surface area contributed by atoms with Crippen molar-refractivity contribution in [2.24, 2.45) is 0 Å². The average molecular weight is 183 g/mol. The van der Waals surface area contributed by atoms with Crippen molar-refractivity contribution in [2.75, 3.05) is 0 Å². The van der Waals surface area contributed by atoms with Gasteiger partial charge >= 0.3 is 0 Å². The first-order chi connectivity index (χ1) is 0. The molecular weight excluding hydrogens is 183 g/mol. The summed E-state index contributed by atoms with van der Waals surface area (Å²) >= 11 is 0. The van der Waals surface area contributed by atoms with E-state index in [1.807, 2.05) is 0 Å². The summed E-state index contributed by atoms with van der Waals surface area (Å²) in [4.78, 5) is 0. The molecular formula is BBaLiSi. The van der Waals surface area contributed by atoms with Crippen LogP contribution in [0, 0.1) is 0 Å². The van der Waals surface area contributed by atoms with Crippen LogP contribution < -0.4 is 0 Å². The van der Waals surface area contributed by atoms with Gasteiger partial charge in [-0.05, 0) is 0 Å². The van der Waals surface area contributed by atoms with Gasteiger partial charge < -0.3 is 0 Å². The first-order valence-corrected chi connectivity index (χ1v) is 0. The van der Waals surface area contributed by atoms with Gasteiger partial charge in [0.05, 0.1) is 0 Å². The Morgan fingerprint density at radius 3 is 1.00 bits per heavy atom. The first-order valence-electron chi connectivity index (χ1n) is 0. The molecule has 0 heterocycles. The molecule has 0 saturated carbocycles. The molecule has 0 spiro atoms. The molecule has 10 radical (unpaired) electrons. The molecule has 0 aromatic carbocycles. The summed E-state index contributed by atoms with van der Waals surface area (Å²) in [6.45, 7) is 0. The molecule has 0 atom stereocenters. The minimum atomic E-state index is 0. The van der Waals surface area contributed by atoms with Crippen LogP contribution in [-0.2, 0) is 0 Å². The van der Waals surface area contributed by atoms with E-state index in [2.05, 4.69) is 0 Å². The quantitative estimate of drug-likeness (QED) is 0.400. The monoisotopic (exact) mass is 184 g/mol. The van der Waals surface area contributed by atoms with Crippen LogP contribution in [0.3, 0.4) is 0 Å². The molecule has 0 aromatic heterocycles. The van der Waals surface area contributed by atoms with Crippen molar-refractivity contribution in [3.8, 4) is 0 Å². The van der Waals surface area contributed by atoms with Crippen LogP contribution in [-0.4, -0.2) is 87.1 Å². The van der Waals surface area contributed by atoms with Gasteiger partial charge in [-0.25, -0.2) is 0 Å². The van der Waals surface area contributed by atoms with Crippen LogP contribution in [0.1, 0.15) is 0 Å².